The molecule has 1 saturated heterocycles. The van der Waals surface area contributed by atoms with Crippen LogP contribution in [0.15, 0.2) is 24.3 Å². The Kier molecular flexibility index (Phi) is 3.63. The molecular weight excluding hydrogens is 256 g/mol. The summed E-state index contributed by atoms with van der Waals surface area (Å²) in [6.07, 6.45) is 0.182. The predicted octanol–water partition coefficient (Wildman–Crippen LogP) is 0.565. The van der Waals surface area contributed by atoms with E-state index in [0.29, 0.717) is 26.1 Å². The summed E-state index contributed by atoms with van der Waals surface area (Å²) in [5.74, 6) is 0.859. The number of carbonyl (C=O) groups is 1. The lowest BCUT2D eigenvalue weighted by Crippen LogP contribution is -2.54. The number of ether oxygens (including phenoxy) is 2. The maximum atomic E-state index is 12.6. The molecule has 5 nitrogen and oxygen atoms in total. The molecule has 0 aromatic heterocycles. The minimum absolute atomic E-state index is 0.0185. The molecule has 3 atom stereocenters. The van der Waals surface area contributed by atoms with Crippen LogP contribution >= 0.6 is 0 Å². The highest BCUT2D eigenvalue weighted by molar-refractivity contribution is 5.82. The quantitative estimate of drug-likeness (QED) is 0.857. The van der Waals surface area contributed by atoms with Crippen LogP contribution in [0.3, 0.4) is 0 Å². The zero-order valence-electron chi connectivity index (χ0n) is 11.6. The van der Waals surface area contributed by atoms with Gasteiger partial charge in [0.15, 0.2) is 6.10 Å². The second kappa shape index (κ2) is 5.42. The maximum absolute atomic E-state index is 12.6. The predicted molar refractivity (Wildman–Crippen MR) is 74.5 cm³/mol. The molecule has 0 saturated carbocycles. The van der Waals surface area contributed by atoms with E-state index in [1.165, 1.54) is 0 Å². The molecule has 2 aliphatic heterocycles. The Bertz CT molecular complexity index is 481. The van der Waals surface area contributed by atoms with Crippen molar-refractivity contribution in [2.24, 2.45) is 5.73 Å². The van der Waals surface area contributed by atoms with Crippen molar-refractivity contribution in [3.63, 3.8) is 0 Å². The molecule has 0 spiro atoms. The SMILES string of the molecule is CC1CN(C(=O)C2Cc3ccccc3O2)CC(CN)O1. The normalized spacial score (nSPS) is 28.9. The molecule has 1 aromatic carbocycles. The topological polar surface area (TPSA) is 64.8 Å². The van der Waals surface area contributed by atoms with Crippen LogP contribution < -0.4 is 10.5 Å². The monoisotopic (exact) mass is 276 g/mol. The Morgan fingerprint density at radius 2 is 2.20 bits per heavy atom. The molecule has 2 N–H and O–H groups in total. The Balaban J connectivity index is 1.68. The lowest BCUT2D eigenvalue weighted by molar-refractivity contribution is -0.150. The summed E-state index contributed by atoms with van der Waals surface area (Å²) in [4.78, 5) is 14.4. The first-order valence-corrected chi connectivity index (χ1v) is 7.06. The molecule has 2 aliphatic rings. The third-order valence-electron chi connectivity index (χ3n) is 3.82. The lowest BCUT2D eigenvalue weighted by atomic mass is 10.1. The van der Waals surface area contributed by atoms with Gasteiger partial charge < -0.3 is 20.1 Å². The third kappa shape index (κ3) is 2.51. The number of hydrogen-bond acceptors (Lipinski definition) is 4. The molecule has 0 aliphatic carbocycles. The summed E-state index contributed by atoms with van der Waals surface area (Å²) in [5.41, 5.74) is 6.76. The number of para-hydroxylation sites is 1. The second-order valence-corrected chi connectivity index (χ2v) is 5.47. The van der Waals surface area contributed by atoms with Gasteiger partial charge in [-0.05, 0) is 18.6 Å². The summed E-state index contributed by atoms with van der Waals surface area (Å²) in [7, 11) is 0. The fraction of sp³-hybridized carbons (Fsp3) is 0.533. The number of nitrogens with zero attached hydrogens (tertiary/aromatic N) is 1. The van der Waals surface area contributed by atoms with E-state index in [9.17, 15) is 4.79 Å². The zero-order chi connectivity index (χ0) is 14.1. The van der Waals surface area contributed by atoms with E-state index in [1.807, 2.05) is 36.1 Å². The van der Waals surface area contributed by atoms with Crippen molar-refractivity contribution >= 4 is 5.91 Å². The van der Waals surface area contributed by atoms with Crippen LogP contribution in [0.4, 0.5) is 0 Å². The summed E-state index contributed by atoms with van der Waals surface area (Å²) < 4.78 is 11.4. The van der Waals surface area contributed by atoms with E-state index < -0.39 is 6.10 Å². The molecular formula is C15H20N2O3. The Morgan fingerprint density at radius 3 is 2.95 bits per heavy atom. The number of benzene rings is 1. The van der Waals surface area contributed by atoms with Crippen molar-refractivity contribution in [1.29, 1.82) is 0 Å². The van der Waals surface area contributed by atoms with Gasteiger partial charge in [0.05, 0.1) is 12.2 Å². The van der Waals surface area contributed by atoms with Crippen molar-refractivity contribution in [1.82, 2.24) is 4.90 Å². The minimum Gasteiger partial charge on any atom is -0.480 e. The summed E-state index contributed by atoms with van der Waals surface area (Å²) >= 11 is 0. The zero-order valence-corrected chi connectivity index (χ0v) is 11.6. The number of fused-ring (bicyclic) bond motifs is 1. The van der Waals surface area contributed by atoms with Crippen LogP contribution in [0, 0.1) is 0 Å². The van der Waals surface area contributed by atoms with Gasteiger partial charge in [0.2, 0.25) is 0 Å². The maximum Gasteiger partial charge on any atom is 0.264 e. The van der Waals surface area contributed by atoms with Crippen molar-refractivity contribution in [2.75, 3.05) is 19.6 Å². The van der Waals surface area contributed by atoms with Crippen molar-refractivity contribution < 1.29 is 14.3 Å². The summed E-state index contributed by atoms with van der Waals surface area (Å²) in [6, 6.07) is 7.81. The molecule has 2 heterocycles. The van der Waals surface area contributed by atoms with Crippen molar-refractivity contribution in [2.45, 2.75) is 31.7 Å². The number of amides is 1. The van der Waals surface area contributed by atoms with Gasteiger partial charge >= 0.3 is 0 Å². The van der Waals surface area contributed by atoms with Crippen LogP contribution in [-0.4, -0.2) is 48.8 Å². The largest absolute Gasteiger partial charge is 0.480 e. The van der Waals surface area contributed by atoms with E-state index in [2.05, 4.69) is 0 Å². The molecule has 1 aromatic rings. The van der Waals surface area contributed by atoms with Crippen LogP contribution in [0.1, 0.15) is 12.5 Å². The number of morpholine rings is 1. The number of nitrogens with two attached hydrogens (primary N) is 1. The second-order valence-electron chi connectivity index (χ2n) is 5.47. The highest BCUT2D eigenvalue weighted by atomic mass is 16.5. The molecule has 20 heavy (non-hydrogen) atoms. The third-order valence-corrected chi connectivity index (χ3v) is 3.82. The highest BCUT2D eigenvalue weighted by Gasteiger charge is 2.35. The molecule has 0 bridgehead atoms. The molecule has 5 heteroatoms. The van der Waals surface area contributed by atoms with E-state index in [4.69, 9.17) is 15.2 Å². The highest BCUT2D eigenvalue weighted by Crippen LogP contribution is 2.29. The van der Waals surface area contributed by atoms with Gasteiger partial charge in [-0.15, -0.1) is 0 Å². The van der Waals surface area contributed by atoms with Crippen molar-refractivity contribution in [3.8, 4) is 5.75 Å². The fourth-order valence-electron chi connectivity index (χ4n) is 2.88. The molecule has 3 rings (SSSR count). The van der Waals surface area contributed by atoms with E-state index in [-0.39, 0.29) is 18.1 Å². The van der Waals surface area contributed by atoms with Gasteiger partial charge in [-0.1, -0.05) is 18.2 Å². The first kappa shape index (κ1) is 13.4. The Labute approximate surface area is 118 Å². The standard InChI is InChI=1S/C15H20N2O3/c1-10-8-17(9-12(7-16)19-10)15(18)14-6-11-4-2-3-5-13(11)20-14/h2-5,10,12,14H,6-9,16H2,1H3. The Morgan fingerprint density at radius 1 is 1.40 bits per heavy atom. The first-order valence-electron chi connectivity index (χ1n) is 7.06. The fourth-order valence-corrected chi connectivity index (χ4v) is 2.88. The molecule has 108 valence electrons. The first-order chi connectivity index (χ1) is 9.67. The van der Waals surface area contributed by atoms with Gasteiger partial charge in [-0.2, -0.15) is 0 Å². The lowest BCUT2D eigenvalue weighted by Gasteiger charge is -2.37. The number of hydrogen-bond donors (Lipinski definition) is 1. The smallest absolute Gasteiger partial charge is 0.264 e. The average Bonchev–Trinajstić information content (AvgIpc) is 2.89. The van der Waals surface area contributed by atoms with Crippen LogP contribution in [0.2, 0.25) is 0 Å². The summed E-state index contributed by atoms with van der Waals surface area (Å²) in [5, 5.41) is 0. The van der Waals surface area contributed by atoms with Gasteiger partial charge in [0.25, 0.3) is 5.91 Å². The summed E-state index contributed by atoms with van der Waals surface area (Å²) in [6.45, 7) is 3.55. The van der Waals surface area contributed by atoms with Gasteiger partial charge in [-0.3, -0.25) is 4.79 Å². The number of carbonyl (C=O) groups excluding carboxylic acids is 1. The van der Waals surface area contributed by atoms with Crippen LogP contribution in [0.25, 0.3) is 0 Å². The molecule has 1 amide bonds. The number of rotatable bonds is 2. The van der Waals surface area contributed by atoms with Gasteiger partial charge in [-0.25, -0.2) is 0 Å². The van der Waals surface area contributed by atoms with E-state index in [1.54, 1.807) is 0 Å². The van der Waals surface area contributed by atoms with Crippen LogP contribution in [-0.2, 0) is 16.0 Å². The van der Waals surface area contributed by atoms with Crippen LogP contribution in [0.5, 0.6) is 5.75 Å². The van der Waals surface area contributed by atoms with E-state index in [0.717, 1.165) is 11.3 Å². The van der Waals surface area contributed by atoms with E-state index >= 15 is 0 Å². The molecule has 1 fully saturated rings. The van der Waals surface area contributed by atoms with Gasteiger partial charge in [0, 0.05) is 26.1 Å². The van der Waals surface area contributed by atoms with Gasteiger partial charge in [0.1, 0.15) is 5.75 Å². The minimum atomic E-state index is -0.406. The molecule has 3 unspecified atom stereocenters. The Hall–Kier alpha value is -1.59. The van der Waals surface area contributed by atoms with Crippen molar-refractivity contribution in [3.05, 3.63) is 29.8 Å². The molecule has 0 radical (unpaired) electrons. The average molecular weight is 276 g/mol.